The largest absolute Gasteiger partial charge is 0.495 e. The van der Waals surface area contributed by atoms with E-state index >= 15 is 0 Å². The van der Waals surface area contributed by atoms with E-state index in [0.717, 1.165) is 42.5 Å². The normalized spacial score (nSPS) is 10.3. The molecule has 1 rings (SSSR count). The monoisotopic (exact) mass is 297 g/mol. The van der Waals surface area contributed by atoms with E-state index < -0.39 is 0 Å². The number of guanidine groups is 1. The quantitative estimate of drug-likeness (QED) is 0.355. The number of hydrogen-bond acceptors (Lipinski definition) is 5. The maximum absolute atomic E-state index is 7.51. The van der Waals surface area contributed by atoms with Gasteiger partial charge < -0.3 is 21.1 Å². The van der Waals surface area contributed by atoms with Crippen molar-refractivity contribution in [3.8, 4) is 5.75 Å². The minimum absolute atomic E-state index is 0.106. The zero-order valence-corrected chi connectivity index (χ0v) is 12.7. The molecule has 112 valence electrons. The number of methoxy groups -OCH3 is 1. The van der Waals surface area contributed by atoms with Gasteiger partial charge in [0.1, 0.15) is 5.75 Å². The predicted octanol–water partition coefficient (Wildman–Crippen LogP) is 0.868. The Hall–Kier alpha value is -1.47. The Labute approximate surface area is 124 Å². The first-order valence-electron chi connectivity index (χ1n) is 6.53. The summed E-state index contributed by atoms with van der Waals surface area (Å²) in [6.07, 6.45) is 2.61. The predicted molar refractivity (Wildman–Crippen MR) is 84.1 cm³/mol. The van der Waals surface area contributed by atoms with Crippen molar-refractivity contribution in [3.63, 3.8) is 0 Å². The van der Waals surface area contributed by atoms with Crippen molar-refractivity contribution in [3.05, 3.63) is 24.0 Å². The van der Waals surface area contributed by atoms with Gasteiger partial charge in [-0.05, 0) is 25.1 Å². The molecular formula is C13H23N5OS. The molecule has 1 heterocycles. The van der Waals surface area contributed by atoms with Crippen LogP contribution in [0.2, 0.25) is 0 Å². The van der Waals surface area contributed by atoms with Crippen LogP contribution >= 0.6 is 11.8 Å². The number of ether oxygens (including phenoxy) is 1. The number of pyridine rings is 1. The zero-order chi connectivity index (χ0) is 14.8. The first-order chi connectivity index (χ1) is 9.69. The van der Waals surface area contributed by atoms with Crippen LogP contribution in [-0.4, -0.2) is 48.3 Å². The fraction of sp³-hybridized carbons (Fsp3) is 0.538. The third kappa shape index (κ3) is 5.66. The summed E-state index contributed by atoms with van der Waals surface area (Å²) >= 11 is 1.75. The smallest absolute Gasteiger partial charge is 0.188 e. The molecule has 5 N–H and O–H groups in total. The first-order valence-corrected chi connectivity index (χ1v) is 7.69. The Morgan fingerprint density at radius 2 is 2.30 bits per heavy atom. The molecule has 0 aliphatic heterocycles. The van der Waals surface area contributed by atoms with Crippen LogP contribution in [0.5, 0.6) is 5.75 Å². The molecule has 0 aliphatic rings. The van der Waals surface area contributed by atoms with E-state index in [1.54, 1.807) is 25.1 Å². The lowest BCUT2D eigenvalue weighted by Crippen LogP contribution is -2.39. The zero-order valence-electron chi connectivity index (χ0n) is 11.8. The maximum Gasteiger partial charge on any atom is 0.188 e. The van der Waals surface area contributed by atoms with Gasteiger partial charge in [0.25, 0.3) is 0 Å². The highest BCUT2D eigenvalue weighted by Crippen LogP contribution is 2.20. The summed E-state index contributed by atoms with van der Waals surface area (Å²) < 4.78 is 5.26. The van der Waals surface area contributed by atoms with E-state index in [4.69, 9.17) is 21.6 Å². The molecule has 6 nitrogen and oxygen atoms in total. The summed E-state index contributed by atoms with van der Waals surface area (Å²) in [6.45, 7) is 2.09. The van der Waals surface area contributed by atoms with E-state index in [2.05, 4.69) is 4.98 Å². The number of nitrogens with one attached hydrogen (secondary N) is 1. The van der Waals surface area contributed by atoms with Crippen LogP contribution in [0.1, 0.15) is 12.1 Å². The summed E-state index contributed by atoms with van der Waals surface area (Å²) in [7, 11) is 1.65. The summed E-state index contributed by atoms with van der Waals surface area (Å²) in [5, 5.41) is 7.51. The highest BCUT2D eigenvalue weighted by atomic mass is 32.2. The Balaban J connectivity index is 2.34. The second-order valence-corrected chi connectivity index (χ2v) is 5.32. The highest BCUT2D eigenvalue weighted by Gasteiger charge is 2.07. The molecule has 0 aliphatic carbocycles. The van der Waals surface area contributed by atoms with Gasteiger partial charge in [0, 0.05) is 30.8 Å². The molecule has 0 unspecified atom stereocenters. The number of hydrogen-bond donors (Lipinski definition) is 3. The van der Waals surface area contributed by atoms with E-state index in [0.29, 0.717) is 6.54 Å². The Bertz CT molecular complexity index is 416. The maximum atomic E-state index is 7.51. The third-order valence-corrected chi connectivity index (χ3v) is 3.73. The fourth-order valence-corrected chi connectivity index (χ4v) is 2.60. The third-order valence-electron chi connectivity index (χ3n) is 2.79. The Morgan fingerprint density at radius 3 is 2.95 bits per heavy atom. The second kappa shape index (κ2) is 9.44. The number of thioether (sulfide) groups is 1. The molecule has 0 fully saturated rings. The van der Waals surface area contributed by atoms with Crippen molar-refractivity contribution < 1.29 is 4.74 Å². The van der Waals surface area contributed by atoms with Gasteiger partial charge >= 0.3 is 0 Å². The summed E-state index contributed by atoms with van der Waals surface area (Å²) in [6, 6.07) is 3.77. The Morgan fingerprint density at radius 1 is 1.50 bits per heavy atom. The van der Waals surface area contributed by atoms with Crippen LogP contribution < -0.4 is 16.2 Å². The molecule has 20 heavy (non-hydrogen) atoms. The number of nitrogens with zero attached hydrogens (tertiary/aromatic N) is 2. The molecule has 0 atom stereocenters. The molecule has 0 amide bonds. The standard InChI is InChI=1S/C13H23N5OS/c1-19-12-4-2-6-17-11(12)10-20-9-8-18(13(15)16)7-3-5-14/h2,4,6H,3,5,7-10,14H2,1H3,(H3,15,16). The summed E-state index contributed by atoms with van der Waals surface area (Å²) in [4.78, 5) is 6.15. The van der Waals surface area contributed by atoms with Crippen molar-refractivity contribution in [2.24, 2.45) is 11.5 Å². The SMILES string of the molecule is COc1cccnc1CSCCN(CCCN)C(=N)N. The van der Waals surface area contributed by atoms with Gasteiger partial charge in [-0.25, -0.2) is 0 Å². The van der Waals surface area contributed by atoms with Gasteiger partial charge in [0.2, 0.25) is 0 Å². The molecule has 1 aromatic heterocycles. The topological polar surface area (TPSA) is 101 Å². The minimum atomic E-state index is 0.106. The lowest BCUT2D eigenvalue weighted by molar-refractivity contribution is 0.408. The minimum Gasteiger partial charge on any atom is -0.495 e. The fourth-order valence-electron chi connectivity index (χ4n) is 1.70. The number of aromatic nitrogens is 1. The van der Waals surface area contributed by atoms with Gasteiger partial charge in [-0.2, -0.15) is 11.8 Å². The molecule has 0 spiro atoms. The molecule has 0 bridgehead atoms. The van der Waals surface area contributed by atoms with Crippen LogP contribution in [0.4, 0.5) is 0 Å². The molecular weight excluding hydrogens is 274 g/mol. The van der Waals surface area contributed by atoms with Gasteiger partial charge in [0.05, 0.1) is 12.8 Å². The van der Waals surface area contributed by atoms with Crippen LogP contribution in [0.25, 0.3) is 0 Å². The molecule has 0 saturated heterocycles. The molecule has 1 aromatic rings. The van der Waals surface area contributed by atoms with Gasteiger partial charge in [0.15, 0.2) is 5.96 Å². The second-order valence-electron chi connectivity index (χ2n) is 4.22. The first kappa shape index (κ1) is 16.6. The summed E-state index contributed by atoms with van der Waals surface area (Å²) in [5.74, 6) is 2.58. The summed E-state index contributed by atoms with van der Waals surface area (Å²) in [5.41, 5.74) is 12.0. The van der Waals surface area contributed by atoms with Crippen LogP contribution in [0.3, 0.4) is 0 Å². The van der Waals surface area contributed by atoms with Gasteiger partial charge in [-0.1, -0.05) is 0 Å². The molecule has 0 radical (unpaired) electrons. The van der Waals surface area contributed by atoms with Crippen LogP contribution in [0, 0.1) is 5.41 Å². The van der Waals surface area contributed by atoms with E-state index in [-0.39, 0.29) is 5.96 Å². The van der Waals surface area contributed by atoms with E-state index in [1.165, 1.54) is 0 Å². The molecule has 0 aromatic carbocycles. The van der Waals surface area contributed by atoms with Gasteiger partial charge in [-0.3, -0.25) is 10.4 Å². The van der Waals surface area contributed by atoms with Crippen molar-refractivity contribution >= 4 is 17.7 Å². The lowest BCUT2D eigenvalue weighted by atomic mass is 10.3. The van der Waals surface area contributed by atoms with Crippen molar-refractivity contribution in [2.75, 3.05) is 32.5 Å². The highest BCUT2D eigenvalue weighted by molar-refractivity contribution is 7.98. The lowest BCUT2D eigenvalue weighted by Gasteiger charge is -2.22. The number of rotatable bonds is 9. The Kier molecular flexibility index (Phi) is 7.82. The average Bonchev–Trinajstić information content (AvgIpc) is 2.46. The van der Waals surface area contributed by atoms with Crippen molar-refractivity contribution in [1.82, 2.24) is 9.88 Å². The van der Waals surface area contributed by atoms with Crippen LogP contribution in [0.15, 0.2) is 18.3 Å². The molecule has 7 heteroatoms. The average molecular weight is 297 g/mol. The van der Waals surface area contributed by atoms with E-state index in [9.17, 15) is 0 Å². The van der Waals surface area contributed by atoms with Crippen molar-refractivity contribution in [1.29, 1.82) is 5.41 Å². The van der Waals surface area contributed by atoms with Gasteiger partial charge in [-0.15, -0.1) is 0 Å². The van der Waals surface area contributed by atoms with Crippen LogP contribution in [-0.2, 0) is 5.75 Å². The molecule has 0 saturated carbocycles. The van der Waals surface area contributed by atoms with Crippen molar-refractivity contribution in [2.45, 2.75) is 12.2 Å². The van der Waals surface area contributed by atoms with E-state index in [1.807, 2.05) is 17.0 Å². The number of nitrogens with two attached hydrogens (primary N) is 2.